The van der Waals surface area contributed by atoms with Crippen molar-refractivity contribution in [1.82, 2.24) is 0 Å². The molecule has 1 atom stereocenters. The normalized spacial score (nSPS) is 11.5. The molecule has 1 amide bonds. The van der Waals surface area contributed by atoms with Crippen LogP contribution in [0.2, 0.25) is 0 Å². The number of nitriles is 1. The summed E-state index contributed by atoms with van der Waals surface area (Å²) in [5.41, 5.74) is 5.37. The van der Waals surface area contributed by atoms with Gasteiger partial charge in [0, 0.05) is 12.5 Å². The van der Waals surface area contributed by atoms with Gasteiger partial charge in [-0.2, -0.15) is 5.26 Å². The molecule has 0 saturated carbocycles. The van der Waals surface area contributed by atoms with Crippen molar-refractivity contribution < 1.29 is 9.72 Å². The highest BCUT2D eigenvalue weighted by molar-refractivity contribution is 5.75. The highest BCUT2D eigenvalue weighted by Crippen LogP contribution is 2.31. The second-order valence-electron chi connectivity index (χ2n) is 3.68. The van der Waals surface area contributed by atoms with Crippen molar-refractivity contribution in [3.8, 4) is 6.07 Å². The lowest BCUT2D eigenvalue weighted by Gasteiger charge is -2.11. The minimum Gasteiger partial charge on any atom is -0.370 e. The highest BCUT2D eigenvalue weighted by atomic mass is 16.6. The van der Waals surface area contributed by atoms with Gasteiger partial charge < -0.3 is 5.73 Å². The first-order valence-electron chi connectivity index (χ1n) is 4.93. The molecule has 17 heavy (non-hydrogen) atoms. The number of hydrogen-bond acceptors (Lipinski definition) is 4. The standard InChI is InChI=1S/C11H11N3O3/c1-7(5-10(13)15)11-8(6-12)3-2-4-9(11)14(16)17/h2-4,7H,5H2,1H3,(H2,13,15). The predicted octanol–water partition coefficient (Wildman–Crippen LogP) is 1.45. The first kappa shape index (κ1) is 12.6. The number of nitro groups is 1. The van der Waals surface area contributed by atoms with Gasteiger partial charge in [0.05, 0.1) is 22.1 Å². The van der Waals surface area contributed by atoms with Crippen molar-refractivity contribution in [1.29, 1.82) is 5.26 Å². The Labute approximate surface area is 97.8 Å². The number of carbonyl (C=O) groups is 1. The summed E-state index contributed by atoms with van der Waals surface area (Å²) in [4.78, 5) is 21.1. The zero-order chi connectivity index (χ0) is 13.0. The Morgan fingerprint density at radius 2 is 2.29 bits per heavy atom. The van der Waals surface area contributed by atoms with Crippen LogP contribution in [0.3, 0.4) is 0 Å². The minimum atomic E-state index is -0.562. The maximum absolute atomic E-state index is 10.9. The van der Waals surface area contributed by atoms with Crippen molar-refractivity contribution in [2.45, 2.75) is 19.3 Å². The molecule has 0 aromatic heterocycles. The molecule has 88 valence electrons. The lowest BCUT2D eigenvalue weighted by atomic mass is 9.92. The average molecular weight is 233 g/mol. The summed E-state index contributed by atoms with van der Waals surface area (Å²) in [6.07, 6.45) is -0.0282. The van der Waals surface area contributed by atoms with E-state index in [0.717, 1.165) is 0 Å². The summed E-state index contributed by atoms with van der Waals surface area (Å²) in [5, 5.41) is 19.8. The lowest BCUT2D eigenvalue weighted by Crippen LogP contribution is -2.15. The van der Waals surface area contributed by atoms with Gasteiger partial charge in [-0.25, -0.2) is 0 Å². The van der Waals surface area contributed by atoms with Gasteiger partial charge in [0.15, 0.2) is 0 Å². The molecule has 1 rings (SSSR count). The fourth-order valence-electron chi connectivity index (χ4n) is 1.73. The van der Waals surface area contributed by atoms with Crippen LogP contribution in [0.1, 0.15) is 30.4 Å². The number of nitrogens with zero attached hydrogens (tertiary/aromatic N) is 2. The molecule has 0 aliphatic heterocycles. The Kier molecular flexibility index (Phi) is 3.78. The van der Waals surface area contributed by atoms with Gasteiger partial charge in [0.25, 0.3) is 5.69 Å². The van der Waals surface area contributed by atoms with Crippen molar-refractivity contribution in [2.24, 2.45) is 5.73 Å². The van der Waals surface area contributed by atoms with Gasteiger partial charge in [0.1, 0.15) is 0 Å². The highest BCUT2D eigenvalue weighted by Gasteiger charge is 2.23. The van der Waals surface area contributed by atoms with E-state index in [2.05, 4.69) is 0 Å². The molecule has 0 saturated heterocycles. The minimum absolute atomic E-state index is 0.0282. The SMILES string of the molecule is CC(CC(N)=O)c1c(C#N)cccc1[N+](=O)[O-]. The van der Waals surface area contributed by atoms with Crippen LogP contribution in [0.4, 0.5) is 5.69 Å². The molecule has 2 N–H and O–H groups in total. The summed E-state index contributed by atoms with van der Waals surface area (Å²) in [5.74, 6) is -1.01. The molecule has 1 unspecified atom stereocenters. The lowest BCUT2D eigenvalue weighted by molar-refractivity contribution is -0.385. The van der Waals surface area contributed by atoms with Gasteiger partial charge in [-0.05, 0) is 12.0 Å². The number of carbonyl (C=O) groups excluding carboxylic acids is 1. The van der Waals surface area contributed by atoms with Crippen LogP contribution in [0, 0.1) is 21.4 Å². The summed E-state index contributed by atoms with van der Waals surface area (Å²) < 4.78 is 0. The van der Waals surface area contributed by atoms with E-state index in [0.29, 0.717) is 0 Å². The van der Waals surface area contributed by atoms with E-state index >= 15 is 0 Å². The van der Waals surface area contributed by atoms with Crippen LogP contribution in [-0.2, 0) is 4.79 Å². The van der Waals surface area contributed by atoms with E-state index in [4.69, 9.17) is 11.0 Å². The molecule has 0 heterocycles. The Balaban J connectivity index is 3.32. The van der Waals surface area contributed by atoms with Crippen LogP contribution < -0.4 is 5.73 Å². The number of rotatable bonds is 4. The summed E-state index contributed by atoms with van der Waals surface area (Å²) in [6.45, 7) is 1.63. The predicted molar refractivity (Wildman–Crippen MR) is 60.0 cm³/mol. The van der Waals surface area contributed by atoms with Gasteiger partial charge >= 0.3 is 0 Å². The Morgan fingerprint density at radius 1 is 1.65 bits per heavy atom. The van der Waals surface area contributed by atoms with E-state index in [1.807, 2.05) is 6.07 Å². The maximum Gasteiger partial charge on any atom is 0.274 e. The molecule has 0 aliphatic carbocycles. The fourth-order valence-corrected chi connectivity index (χ4v) is 1.73. The molecule has 6 nitrogen and oxygen atoms in total. The Morgan fingerprint density at radius 3 is 2.76 bits per heavy atom. The van der Waals surface area contributed by atoms with Gasteiger partial charge in [0.2, 0.25) is 5.91 Å². The summed E-state index contributed by atoms with van der Waals surface area (Å²) in [6, 6.07) is 6.13. The first-order valence-corrected chi connectivity index (χ1v) is 4.93. The van der Waals surface area contributed by atoms with E-state index in [1.54, 1.807) is 6.92 Å². The van der Waals surface area contributed by atoms with E-state index in [1.165, 1.54) is 18.2 Å². The number of primary amides is 1. The third-order valence-electron chi connectivity index (χ3n) is 2.40. The first-order chi connectivity index (χ1) is 7.97. The van der Waals surface area contributed by atoms with Crippen LogP contribution >= 0.6 is 0 Å². The van der Waals surface area contributed by atoms with Crippen molar-refractivity contribution in [3.63, 3.8) is 0 Å². The third kappa shape index (κ3) is 2.78. The molecule has 1 aromatic carbocycles. The van der Waals surface area contributed by atoms with Crippen molar-refractivity contribution in [3.05, 3.63) is 39.4 Å². The van der Waals surface area contributed by atoms with Crippen molar-refractivity contribution >= 4 is 11.6 Å². The molecule has 0 radical (unpaired) electrons. The van der Waals surface area contributed by atoms with Gasteiger partial charge in [-0.1, -0.05) is 13.0 Å². The molecule has 0 fully saturated rings. The topological polar surface area (TPSA) is 110 Å². The van der Waals surface area contributed by atoms with Crippen LogP contribution in [0.15, 0.2) is 18.2 Å². The largest absolute Gasteiger partial charge is 0.370 e. The smallest absolute Gasteiger partial charge is 0.274 e. The molecule has 0 spiro atoms. The van der Waals surface area contributed by atoms with E-state index in [-0.39, 0.29) is 23.2 Å². The number of benzene rings is 1. The van der Waals surface area contributed by atoms with Crippen LogP contribution in [0.5, 0.6) is 0 Å². The number of nitrogens with two attached hydrogens (primary N) is 1. The van der Waals surface area contributed by atoms with Gasteiger partial charge in [-0.15, -0.1) is 0 Å². The molecular weight excluding hydrogens is 222 g/mol. The zero-order valence-electron chi connectivity index (χ0n) is 9.21. The number of amides is 1. The molecule has 6 heteroatoms. The molecule has 0 aliphatic rings. The monoisotopic (exact) mass is 233 g/mol. The number of nitro benzene ring substituents is 1. The second-order valence-corrected chi connectivity index (χ2v) is 3.68. The summed E-state index contributed by atoms with van der Waals surface area (Å²) >= 11 is 0. The molecule has 0 bridgehead atoms. The Hall–Kier alpha value is -2.42. The van der Waals surface area contributed by atoms with E-state index < -0.39 is 16.7 Å². The maximum atomic E-state index is 10.9. The zero-order valence-corrected chi connectivity index (χ0v) is 9.21. The third-order valence-corrected chi connectivity index (χ3v) is 2.40. The van der Waals surface area contributed by atoms with E-state index in [9.17, 15) is 14.9 Å². The fraction of sp³-hybridized carbons (Fsp3) is 0.273. The number of hydrogen-bond donors (Lipinski definition) is 1. The van der Waals surface area contributed by atoms with Gasteiger partial charge in [-0.3, -0.25) is 14.9 Å². The van der Waals surface area contributed by atoms with Crippen molar-refractivity contribution in [2.75, 3.05) is 0 Å². The second kappa shape index (κ2) is 5.07. The van der Waals surface area contributed by atoms with Crippen LogP contribution in [-0.4, -0.2) is 10.8 Å². The van der Waals surface area contributed by atoms with Crippen LogP contribution in [0.25, 0.3) is 0 Å². The molecule has 1 aromatic rings. The molecular formula is C11H11N3O3. The Bertz CT molecular complexity index is 505. The average Bonchev–Trinajstić information content (AvgIpc) is 2.26. The summed E-state index contributed by atoms with van der Waals surface area (Å²) in [7, 11) is 0. The quantitative estimate of drug-likeness (QED) is 0.626.